The van der Waals surface area contributed by atoms with Crippen LogP contribution in [0.5, 0.6) is 0 Å². The van der Waals surface area contributed by atoms with Crippen LogP contribution in [0.4, 0.5) is 0 Å². The lowest BCUT2D eigenvalue weighted by Gasteiger charge is -2.08. The molecule has 0 fully saturated rings. The second-order valence-corrected chi connectivity index (χ2v) is 10.3. The number of carbonyl (C=O) groups excluding carboxylic acids is 1. The van der Waals surface area contributed by atoms with Crippen LogP contribution in [-0.4, -0.2) is 20.7 Å². The Labute approximate surface area is 122 Å². The maximum Gasteiger partial charge on any atom is 0.346 e. The van der Waals surface area contributed by atoms with Crippen LogP contribution in [0.1, 0.15) is 19.4 Å². The number of hydrogen-bond acceptors (Lipinski definition) is 2. The lowest BCUT2D eigenvalue weighted by Crippen LogP contribution is -2.17. The maximum absolute atomic E-state index is 12.1. The molecule has 0 aliphatic heterocycles. The van der Waals surface area contributed by atoms with Gasteiger partial charge in [0.1, 0.15) is 13.6 Å². The van der Waals surface area contributed by atoms with Crippen LogP contribution in [0.2, 0.25) is 19.6 Å². The van der Waals surface area contributed by atoms with E-state index >= 15 is 0 Å². The summed E-state index contributed by atoms with van der Waals surface area (Å²) in [5.74, 6) is 2.73. The van der Waals surface area contributed by atoms with Gasteiger partial charge in [0.25, 0.3) is 0 Å². The van der Waals surface area contributed by atoms with E-state index in [1.807, 2.05) is 37.3 Å². The summed E-state index contributed by atoms with van der Waals surface area (Å²) < 4.78 is 5.13. The molecule has 0 saturated carbocycles. The first-order chi connectivity index (χ1) is 9.35. The molecule has 0 unspecified atom stereocenters. The van der Waals surface area contributed by atoms with Gasteiger partial charge < -0.3 is 4.74 Å². The Bertz CT molecular complexity index is 554. The van der Waals surface area contributed by atoms with Crippen LogP contribution >= 0.6 is 0 Å². The molecule has 0 amide bonds. The Morgan fingerprint density at radius 1 is 1.20 bits per heavy atom. The number of esters is 1. The van der Waals surface area contributed by atoms with Gasteiger partial charge in [0.05, 0.1) is 6.61 Å². The fourth-order valence-electron chi connectivity index (χ4n) is 1.58. The smallest absolute Gasteiger partial charge is 0.346 e. The highest BCUT2D eigenvalue weighted by Gasteiger charge is 2.15. The summed E-state index contributed by atoms with van der Waals surface area (Å²) in [6, 6.07) is 9.81. The van der Waals surface area contributed by atoms with E-state index in [4.69, 9.17) is 4.74 Å². The SMILES string of the molecule is CCOC(=O)/C(C#C[Si](C)(C)C)=C(\C)c1ccccc1. The molecule has 0 N–H and O–H groups in total. The number of allylic oxidation sites excluding steroid dienone is 1. The third-order valence-corrected chi connectivity index (χ3v) is 3.50. The van der Waals surface area contributed by atoms with E-state index in [-0.39, 0.29) is 5.97 Å². The highest BCUT2D eigenvalue weighted by atomic mass is 28.3. The van der Waals surface area contributed by atoms with Crippen molar-refractivity contribution in [2.24, 2.45) is 0 Å². The molecular formula is C17H22O2Si. The van der Waals surface area contributed by atoms with E-state index < -0.39 is 8.07 Å². The highest BCUT2D eigenvalue weighted by molar-refractivity contribution is 6.84. The Kier molecular flexibility index (Phi) is 5.78. The Balaban J connectivity index is 3.29. The predicted octanol–water partition coefficient (Wildman–Crippen LogP) is 3.90. The zero-order chi connectivity index (χ0) is 15.2. The second kappa shape index (κ2) is 7.11. The Morgan fingerprint density at radius 3 is 2.30 bits per heavy atom. The third kappa shape index (κ3) is 5.06. The quantitative estimate of drug-likeness (QED) is 0.364. The number of carbonyl (C=O) groups is 1. The van der Waals surface area contributed by atoms with Crippen molar-refractivity contribution in [3.63, 3.8) is 0 Å². The predicted molar refractivity (Wildman–Crippen MR) is 86.8 cm³/mol. The summed E-state index contributed by atoms with van der Waals surface area (Å²) in [7, 11) is -1.54. The van der Waals surface area contributed by atoms with Gasteiger partial charge in [-0.05, 0) is 25.0 Å². The second-order valence-electron chi connectivity index (χ2n) is 5.59. The van der Waals surface area contributed by atoms with Crippen LogP contribution in [-0.2, 0) is 9.53 Å². The largest absolute Gasteiger partial charge is 0.462 e. The minimum Gasteiger partial charge on any atom is -0.462 e. The summed E-state index contributed by atoms with van der Waals surface area (Å²) in [5, 5.41) is 0. The normalized spacial score (nSPS) is 12.1. The van der Waals surface area contributed by atoms with Crippen molar-refractivity contribution in [3.05, 3.63) is 41.5 Å². The van der Waals surface area contributed by atoms with E-state index in [2.05, 4.69) is 31.1 Å². The molecule has 0 spiro atoms. The molecule has 2 nitrogen and oxygen atoms in total. The van der Waals surface area contributed by atoms with Crippen LogP contribution in [0.25, 0.3) is 5.57 Å². The van der Waals surface area contributed by atoms with Crippen molar-refractivity contribution in [3.8, 4) is 11.5 Å². The van der Waals surface area contributed by atoms with Crippen molar-refractivity contribution in [2.45, 2.75) is 33.5 Å². The zero-order valence-corrected chi connectivity index (χ0v) is 13.9. The average molecular weight is 286 g/mol. The highest BCUT2D eigenvalue weighted by Crippen LogP contribution is 2.19. The topological polar surface area (TPSA) is 26.3 Å². The van der Waals surface area contributed by atoms with Crippen molar-refractivity contribution in [1.29, 1.82) is 0 Å². The molecule has 0 aliphatic rings. The van der Waals surface area contributed by atoms with Crippen molar-refractivity contribution in [2.75, 3.05) is 6.61 Å². The molecule has 0 atom stereocenters. The van der Waals surface area contributed by atoms with Crippen LogP contribution < -0.4 is 0 Å². The fraction of sp³-hybridized carbons (Fsp3) is 0.353. The number of ether oxygens (including phenoxy) is 1. The van der Waals surface area contributed by atoms with Gasteiger partial charge in [0.2, 0.25) is 0 Å². The van der Waals surface area contributed by atoms with Crippen LogP contribution in [0.3, 0.4) is 0 Å². The van der Waals surface area contributed by atoms with Gasteiger partial charge in [-0.15, -0.1) is 5.54 Å². The number of benzene rings is 1. The summed E-state index contributed by atoms with van der Waals surface area (Å²) >= 11 is 0. The van der Waals surface area contributed by atoms with Crippen molar-refractivity contribution < 1.29 is 9.53 Å². The summed E-state index contributed by atoms with van der Waals surface area (Å²) in [6.45, 7) is 10.5. The molecule has 0 aromatic heterocycles. The van der Waals surface area contributed by atoms with Gasteiger partial charge in [0.15, 0.2) is 0 Å². The van der Waals surface area contributed by atoms with Crippen LogP contribution in [0.15, 0.2) is 35.9 Å². The number of hydrogen-bond donors (Lipinski definition) is 0. The molecule has 1 aromatic rings. The minimum absolute atomic E-state index is 0.334. The minimum atomic E-state index is -1.54. The van der Waals surface area contributed by atoms with E-state index in [0.717, 1.165) is 11.1 Å². The molecule has 20 heavy (non-hydrogen) atoms. The number of rotatable bonds is 3. The lowest BCUT2D eigenvalue weighted by atomic mass is 10.0. The molecule has 106 valence electrons. The zero-order valence-electron chi connectivity index (χ0n) is 12.9. The molecule has 0 saturated heterocycles. The van der Waals surface area contributed by atoms with E-state index in [9.17, 15) is 4.79 Å². The summed E-state index contributed by atoms with van der Waals surface area (Å²) in [6.07, 6.45) is 0. The van der Waals surface area contributed by atoms with E-state index in [1.165, 1.54) is 0 Å². The average Bonchev–Trinajstić information content (AvgIpc) is 2.38. The fourth-order valence-corrected chi connectivity index (χ4v) is 2.08. The lowest BCUT2D eigenvalue weighted by molar-refractivity contribution is -0.137. The van der Waals surface area contributed by atoms with Gasteiger partial charge in [-0.1, -0.05) is 55.9 Å². The first-order valence-electron chi connectivity index (χ1n) is 6.81. The van der Waals surface area contributed by atoms with Gasteiger partial charge in [-0.2, -0.15) is 0 Å². The molecular weight excluding hydrogens is 264 g/mol. The van der Waals surface area contributed by atoms with Gasteiger partial charge >= 0.3 is 5.97 Å². The third-order valence-electron chi connectivity index (χ3n) is 2.62. The van der Waals surface area contributed by atoms with Gasteiger partial charge in [0, 0.05) is 0 Å². The van der Waals surface area contributed by atoms with Gasteiger partial charge in [-0.3, -0.25) is 0 Å². The Hall–Kier alpha value is -1.79. The van der Waals surface area contributed by atoms with Crippen molar-refractivity contribution >= 4 is 19.6 Å². The monoisotopic (exact) mass is 286 g/mol. The molecule has 1 rings (SSSR count). The van der Waals surface area contributed by atoms with Gasteiger partial charge in [-0.25, -0.2) is 4.79 Å². The van der Waals surface area contributed by atoms with Crippen molar-refractivity contribution in [1.82, 2.24) is 0 Å². The first-order valence-corrected chi connectivity index (χ1v) is 10.3. The maximum atomic E-state index is 12.1. The molecule has 0 radical (unpaired) electrons. The van der Waals surface area contributed by atoms with Crippen LogP contribution in [0, 0.1) is 11.5 Å². The molecule has 0 aliphatic carbocycles. The first kappa shape index (κ1) is 16.3. The Morgan fingerprint density at radius 2 is 1.80 bits per heavy atom. The summed E-state index contributed by atoms with van der Waals surface area (Å²) in [5.41, 5.74) is 5.59. The standard InChI is InChI=1S/C17H22O2Si/c1-6-19-17(18)16(12-13-20(3,4)5)14(2)15-10-8-7-9-11-15/h7-11H,6H2,1-5H3/b16-14+. The summed E-state index contributed by atoms with van der Waals surface area (Å²) in [4.78, 5) is 12.1. The molecule has 1 aromatic carbocycles. The van der Waals surface area contributed by atoms with E-state index in [0.29, 0.717) is 12.2 Å². The van der Waals surface area contributed by atoms with E-state index in [1.54, 1.807) is 6.92 Å². The molecule has 3 heteroatoms. The molecule has 0 heterocycles. The molecule has 0 bridgehead atoms.